The lowest BCUT2D eigenvalue weighted by Crippen LogP contribution is -2.29. The van der Waals surface area contributed by atoms with Gasteiger partial charge in [0.1, 0.15) is 11.4 Å². The van der Waals surface area contributed by atoms with Crippen LogP contribution in [-0.4, -0.2) is 10.9 Å². The van der Waals surface area contributed by atoms with Crippen molar-refractivity contribution in [2.75, 3.05) is 4.90 Å². The van der Waals surface area contributed by atoms with Gasteiger partial charge in [-0.1, -0.05) is 55.5 Å². The molecule has 3 heterocycles. The van der Waals surface area contributed by atoms with E-state index in [-0.39, 0.29) is 16.8 Å². The minimum absolute atomic E-state index is 0.0277. The second kappa shape index (κ2) is 7.60. The first-order valence-electron chi connectivity index (χ1n) is 11.0. The molecule has 0 spiro atoms. The summed E-state index contributed by atoms with van der Waals surface area (Å²) in [6.45, 7) is 4.23. The van der Waals surface area contributed by atoms with Crippen molar-refractivity contribution >= 4 is 43.6 Å². The number of anilines is 1. The first-order valence-corrected chi connectivity index (χ1v) is 11.8. The van der Waals surface area contributed by atoms with Crippen LogP contribution >= 0.6 is 11.3 Å². The van der Waals surface area contributed by atoms with E-state index in [1.54, 1.807) is 36.4 Å². The van der Waals surface area contributed by atoms with Crippen molar-refractivity contribution in [1.29, 1.82) is 0 Å². The van der Waals surface area contributed by atoms with Gasteiger partial charge in [0.05, 0.1) is 27.2 Å². The van der Waals surface area contributed by atoms with Crippen molar-refractivity contribution in [3.8, 4) is 0 Å². The van der Waals surface area contributed by atoms with Crippen molar-refractivity contribution in [3.05, 3.63) is 105 Å². The molecule has 1 unspecified atom stereocenters. The monoisotopic (exact) mass is 470 g/mol. The highest BCUT2D eigenvalue weighted by molar-refractivity contribution is 7.22. The van der Waals surface area contributed by atoms with E-state index in [1.807, 2.05) is 12.1 Å². The molecule has 3 aromatic carbocycles. The van der Waals surface area contributed by atoms with Gasteiger partial charge in [-0.05, 0) is 53.4 Å². The topological polar surface area (TPSA) is 63.4 Å². The zero-order chi connectivity index (χ0) is 23.6. The Morgan fingerprint density at radius 2 is 1.85 bits per heavy atom. The number of rotatable bonds is 3. The van der Waals surface area contributed by atoms with E-state index in [9.17, 15) is 14.0 Å². The number of hydrogen-bond donors (Lipinski definition) is 0. The van der Waals surface area contributed by atoms with Gasteiger partial charge < -0.3 is 4.42 Å². The van der Waals surface area contributed by atoms with Crippen molar-refractivity contribution < 1.29 is 13.6 Å². The van der Waals surface area contributed by atoms with Crippen LogP contribution in [0.15, 0.2) is 75.9 Å². The quantitative estimate of drug-likeness (QED) is 0.305. The smallest absolute Gasteiger partial charge is 0.297 e. The van der Waals surface area contributed by atoms with E-state index in [4.69, 9.17) is 9.40 Å². The lowest BCUT2D eigenvalue weighted by Gasteiger charge is -2.22. The van der Waals surface area contributed by atoms with Crippen LogP contribution in [0.3, 0.4) is 0 Å². The third kappa shape index (κ3) is 3.08. The van der Waals surface area contributed by atoms with Crippen molar-refractivity contribution in [3.63, 3.8) is 0 Å². The van der Waals surface area contributed by atoms with Crippen LogP contribution in [0.4, 0.5) is 9.52 Å². The number of carbonyl (C=O) groups excluding carboxylic acids is 1. The van der Waals surface area contributed by atoms with E-state index in [1.165, 1.54) is 33.9 Å². The van der Waals surface area contributed by atoms with Crippen LogP contribution in [-0.2, 0) is 0 Å². The predicted molar refractivity (Wildman–Crippen MR) is 131 cm³/mol. The molecule has 0 fully saturated rings. The Kier molecular flexibility index (Phi) is 4.64. The highest BCUT2D eigenvalue weighted by Gasteiger charge is 2.45. The van der Waals surface area contributed by atoms with E-state index < -0.39 is 17.8 Å². The zero-order valence-electron chi connectivity index (χ0n) is 18.4. The van der Waals surface area contributed by atoms with Gasteiger partial charge in [0.15, 0.2) is 10.6 Å². The Morgan fingerprint density at radius 1 is 1.03 bits per heavy atom. The predicted octanol–water partition coefficient (Wildman–Crippen LogP) is 6.42. The number of carbonyl (C=O) groups is 1. The molecule has 0 saturated carbocycles. The highest BCUT2D eigenvalue weighted by atomic mass is 32.1. The molecule has 168 valence electrons. The number of para-hydroxylation sites is 1. The summed E-state index contributed by atoms with van der Waals surface area (Å²) in [7, 11) is 0. The van der Waals surface area contributed by atoms with Gasteiger partial charge >= 0.3 is 0 Å². The Labute approximate surface area is 198 Å². The van der Waals surface area contributed by atoms with E-state index in [0.717, 1.165) is 10.2 Å². The average molecular weight is 471 g/mol. The Morgan fingerprint density at radius 3 is 2.65 bits per heavy atom. The molecule has 1 atom stereocenters. The summed E-state index contributed by atoms with van der Waals surface area (Å²) in [5.74, 6) is -0.591. The second-order valence-corrected chi connectivity index (χ2v) is 9.69. The summed E-state index contributed by atoms with van der Waals surface area (Å²) < 4.78 is 21.1. The lowest BCUT2D eigenvalue weighted by molar-refractivity contribution is 0.0971. The first-order chi connectivity index (χ1) is 16.4. The lowest BCUT2D eigenvalue weighted by atomic mass is 9.98. The average Bonchev–Trinajstić information content (AvgIpc) is 3.37. The largest absolute Gasteiger partial charge is 0.450 e. The molecule has 34 heavy (non-hydrogen) atoms. The van der Waals surface area contributed by atoms with Crippen molar-refractivity contribution in [2.24, 2.45) is 0 Å². The highest BCUT2D eigenvalue weighted by Crippen LogP contribution is 2.44. The fraction of sp³-hybridized carbons (Fsp3) is 0.148. The molecule has 2 aromatic heterocycles. The SMILES string of the molecule is CC(C)c1ccc2nc(N3C(=O)c4oc5ccccc5c(=O)c4C3c3cccc(F)c3)sc2c1. The minimum Gasteiger partial charge on any atom is -0.450 e. The van der Waals surface area contributed by atoms with Gasteiger partial charge in [-0.2, -0.15) is 0 Å². The Bertz CT molecular complexity index is 1670. The second-order valence-electron chi connectivity index (χ2n) is 8.68. The van der Waals surface area contributed by atoms with Crippen LogP contribution in [0.25, 0.3) is 21.2 Å². The number of fused-ring (bicyclic) bond motifs is 3. The van der Waals surface area contributed by atoms with Crippen LogP contribution in [0, 0.1) is 5.82 Å². The van der Waals surface area contributed by atoms with Crippen LogP contribution in [0.2, 0.25) is 0 Å². The van der Waals surface area contributed by atoms with Crippen LogP contribution in [0.5, 0.6) is 0 Å². The summed E-state index contributed by atoms with van der Waals surface area (Å²) in [4.78, 5) is 33.4. The molecule has 1 amide bonds. The molecule has 7 heteroatoms. The molecule has 0 bridgehead atoms. The number of halogens is 1. The standard InChI is InChI=1S/C27H19FN2O3S/c1-14(2)15-10-11-19-21(13-15)34-27(29-19)30-23(16-6-5-7-17(28)12-16)22-24(31)18-8-3-4-9-20(18)33-25(22)26(30)32/h3-14,23H,1-2H3. The number of nitrogens with zero attached hydrogens (tertiary/aromatic N) is 2. The normalized spacial score (nSPS) is 15.6. The number of hydrogen-bond acceptors (Lipinski definition) is 5. The van der Waals surface area contributed by atoms with Gasteiger partial charge in [0.25, 0.3) is 5.91 Å². The molecule has 0 aliphatic carbocycles. The van der Waals surface area contributed by atoms with Gasteiger partial charge in [-0.25, -0.2) is 9.37 Å². The van der Waals surface area contributed by atoms with Gasteiger partial charge in [0, 0.05) is 0 Å². The summed E-state index contributed by atoms with van der Waals surface area (Å²) in [6.07, 6.45) is 0. The fourth-order valence-corrected chi connectivity index (χ4v) is 5.54. The summed E-state index contributed by atoms with van der Waals surface area (Å²) in [5, 5.41) is 0.813. The number of benzene rings is 3. The molecule has 1 aliphatic heterocycles. The molecule has 0 saturated heterocycles. The molecule has 0 radical (unpaired) electrons. The number of amides is 1. The van der Waals surface area contributed by atoms with Crippen molar-refractivity contribution in [1.82, 2.24) is 4.98 Å². The first kappa shape index (κ1) is 20.7. The van der Waals surface area contributed by atoms with Gasteiger partial charge in [-0.3, -0.25) is 14.5 Å². The third-order valence-corrected chi connectivity index (χ3v) is 7.23. The van der Waals surface area contributed by atoms with Gasteiger partial charge in [0.2, 0.25) is 5.76 Å². The molecule has 6 rings (SSSR count). The summed E-state index contributed by atoms with van der Waals surface area (Å²) in [5.41, 5.74) is 2.66. The Balaban J connectivity index is 1.61. The Hall–Kier alpha value is -3.84. The van der Waals surface area contributed by atoms with E-state index in [2.05, 4.69) is 19.9 Å². The molecule has 1 aliphatic rings. The van der Waals surface area contributed by atoms with E-state index in [0.29, 0.717) is 27.6 Å². The molecule has 5 nitrogen and oxygen atoms in total. The molecule has 5 aromatic rings. The van der Waals surface area contributed by atoms with Crippen LogP contribution < -0.4 is 10.3 Å². The van der Waals surface area contributed by atoms with Crippen molar-refractivity contribution in [2.45, 2.75) is 25.8 Å². The molecular weight excluding hydrogens is 451 g/mol. The minimum atomic E-state index is -0.843. The number of thiazole rings is 1. The molecular formula is C27H19FN2O3S. The van der Waals surface area contributed by atoms with Gasteiger partial charge in [-0.15, -0.1) is 0 Å². The maximum atomic E-state index is 14.2. The maximum Gasteiger partial charge on any atom is 0.297 e. The maximum absolute atomic E-state index is 14.2. The number of aromatic nitrogens is 1. The van der Waals surface area contributed by atoms with Crippen LogP contribution in [0.1, 0.15) is 53.1 Å². The zero-order valence-corrected chi connectivity index (χ0v) is 19.2. The summed E-state index contributed by atoms with van der Waals surface area (Å²) >= 11 is 1.37. The fourth-order valence-electron chi connectivity index (χ4n) is 4.50. The third-order valence-electron chi connectivity index (χ3n) is 6.22. The summed E-state index contributed by atoms with van der Waals surface area (Å²) in [6, 6.07) is 18.0. The van der Waals surface area contributed by atoms with E-state index >= 15 is 0 Å². The molecule has 0 N–H and O–H groups in total.